The molecule has 3 aromatic rings. The van der Waals surface area contributed by atoms with E-state index in [2.05, 4.69) is 18.8 Å². The highest BCUT2D eigenvalue weighted by Gasteiger charge is 2.16. The summed E-state index contributed by atoms with van der Waals surface area (Å²) in [7, 11) is 0. The van der Waals surface area contributed by atoms with Crippen LogP contribution in [0.25, 0.3) is 17.0 Å². The van der Waals surface area contributed by atoms with Gasteiger partial charge in [0.2, 0.25) is 0 Å². The van der Waals surface area contributed by atoms with Gasteiger partial charge in [0.05, 0.1) is 5.52 Å². The van der Waals surface area contributed by atoms with E-state index in [1.54, 1.807) is 30.3 Å². The third-order valence-electron chi connectivity index (χ3n) is 4.19. The monoisotopic (exact) mass is 347 g/mol. The molecule has 0 spiro atoms. The fourth-order valence-corrected chi connectivity index (χ4v) is 2.95. The summed E-state index contributed by atoms with van der Waals surface area (Å²) in [6.45, 7) is 4.33. The van der Waals surface area contributed by atoms with Crippen LogP contribution in [0, 0.1) is 5.92 Å². The summed E-state index contributed by atoms with van der Waals surface area (Å²) >= 11 is 0. The van der Waals surface area contributed by atoms with Gasteiger partial charge in [-0.25, -0.2) is 0 Å². The molecule has 0 aliphatic heterocycles. The summed E-state index contributed by atoms with van der Waals surface area (Å²) < 4.78 is 0. The number of hydrogen-bond donors (Lipinski definition) is 2. The predicted molar refractivity (Wildman–Crippen MR) is 105 cm³/mol. The van der Waals surface area contributed by atoms with Gasteiger partial charge in [-0.3, -0.25) is 9.59 Å². The van der Waals surface area contributed by atoms with Gasteiger partial charge in [0, 0.05) is 5.39 Å². The Kier molecular flexibility index (Phi) is 5.03. The molecule has 26 heavy (non-hydrogen) atoms. The zero-order chi connectivity index (χ0) is 18.7. The van der Waals surface area contributed by atoms with E-state index >= 15 is 0 Å². The van der Waals surface area contributed by atoms with Gasteiger partial charge in [0.15, 0.2) is 5.78 Å². The first kappa shape index (κ1) is 17.7. The Morgan fingerprint density at radius 2 is 1.81 bits per heavy atom. The minimum atomic E-state index is -0.594. The maximum Gasteiger partial charge on any atom is 0.263 e. The van der Waals surface area contributed by atoms with Gasteiger partial charge in [-0.2, -0.15) is 0 Å². The van der Waals surface area contributed by atoms with E-state index in [-0.39, 0.29) is 11.3 Å². The Balaban J connectivity index is 1.87. The topological polar surface area (TPSA) is 70.2 Å². The molecule has 2 aromatic carbocycles. The van der Waals surface area contributed by atoms with Crippen LogP contribution in [0.4, 0.5) is 0 Å². The number of benzene rings is 2. The first-order chi connectivity index (χ1) is 12.5. The molecule has 0 aliphatic carbocycles. The SMILES string of the molecule is CC(C)Cc1ccc(/C=C/C(=O)c2c(O)c3ccccc3[nH]c2=O)cc1. The molecule has 4 heteroatoms. The molecule has 0 bridgehead atoms. The van der Waals surface area contributed by atoms with Crippen molar-refractivity contribution in [2.45, 2.75) is 20.3 Å². The van der Waals surface area contributed by atoms with Crippen LogP contribution in [-0.2, 0) is 6.42 Å². The second-order valence-electron chi connectivity index (χ2n) is 6.76. The van der Waals surface area contributed by atoms with Gasteiger partial charge >= 0.3 is 0 Å². The van der Waals surface area contributed by atoms with Crippen LogP contribution in [-0.4, -0.2) is 15.9 Å². The number of aromatic nitrogens is 1. The number of rotatable bonds is 5. The third kappa shape index (κ3) is 3.75. The molecular weight excluding hydrogens is 326 g/mol. The van der Waals surface area contributed by atoms with Crippen molar-refractivity contribution in [3.05, 3.63) is 81.7 Å². The number of hydrogen-bond acceptors (Lipinski definition) is 3. The lowest BCUT2D eigenvalue weighted by Gasteiger charge is -2.05. The number of pyridine rings is 1. The summed E-state index contributed by atoms with van der Waals surface area (Å²) in [4.78, 5) is 27.3. The van der Waals surface area contributed by atoms with E-state index in [9.17, 15) is 14.7 Å². The van der Waals surface area contributed by atoms with Crippen LogP contribution < -0.4 is 5.56 Å². The predicted octanol–water partition coefficient (Wildman–Crippen LogP) is 4.33. The molecule has 4 nitrogen and oxygen atoms in total. The highest BCUT2D eigenvalue weighted by atomic mass is 16.3. The molecule has 1 aromatic heterocycles. The largest absolute Gasteiger partial charge is 0.506 e. The average Bonchev–Trinajstić information content (AvgIpc) is 2.60. The Morgan fingerprint density at radius 3 is 2.50 bits per heavy atom. The maximum atomic E-state index is 12.4. The number of aromatic amines is 1. The molecule has 0 aliphatic rings. The average molecular weight is 347 g/mol. The molecule has 0 saturated heterocycles. The van der Waals surface area contributed by atoms with Gasteiger partial charge in [0.1, 0.15) is 11.3 Å². The van der Waals surface area contributed by atoms with E-state index in [1.807, 2.05) is 24.3 Å². The standard InChI is InChI=1S/C22H21NO3/c1-14(2)13-16-9-7-15(8-10-16)11-12-19(24)20-21(25)17-5-3-4-6-18(17)23-22(20)26/h3-12,14H,13H2,1-2H3,(H2,23,25,26)/b12-11+. The first-order valence-electron chi connectivity index (χ1n) is 8.61. The summed E-state index contributed by atoms with van der Waals surface area (Å²) in [5.74, 6) is -0.229. The van der Waals surface area contributed by atoms with Crippen molar-refractivity contribution in [1.29, 1.82) is 0 Å². The van der Waals surface area contributed by atoms with Crippen molar-refractivity contribution in [3.8, 4) is 5.75 Å². The second-order valence-corrected chi connectivity index (χ2v) is 6.76. The van der Waals surface area contributed by atoms with Gasteiger partial charge in [0.25, 0.3) is 5.56 Å². The highest BCUT2D eigenvalue weighted by Crippen LogP contribution is 2.25. The number of aromatic hydroxyl groups is 1. The van der Waals surface area contributed by atoms with Crippen LogP contribution in [0.2, 0.25) is 0 Å². The fourth-order valence-electron chi connectivity index (χ4n) is 2.95. The minimum Gasteiger partial charge on any atom is -0.506 e. The van der Waals surface area contributed by atoms with Crippen molar-refractivity contribution in [1.82, 2.24) is 4.98 Å². The zero-order valence-electron chi connectivity index (χ0n) is 14.8. The van der Waals surface area contributed by atoms with E-state index in [4.69, 9.17) is 0 Å². The van der Waals surface area contributed by atoms with Crippen molar-refractivity contribution in [2.24, 2.45) is 5.92 Å². The van der Waals surface area contributed by atoms with Gasteiger partial charge in [-0.05, 0) is 41.7 Å². The lowest BCUT2D eigenvalue weighted by atomic mass is 10.0. The zero-order valence-corrected chi connectivity index (χ0v) is 14.8. The lowest BCUT2D eigenvalue weighted by molar-refractivity contribution is 0.104. The van der Waals surface area contributed by atoms with Gasteiger partial charge < -0.3 is 10.1 Å². The molecule has 0 amide bonds. The third-order valence-corrected chi connectivity index (χ3v) is 4.19. The summed E-state index contributed by atoms with van der Waals surface area (Å²) in [5.41, 5.74) is 1.77. The number of H-pyrrole nitrogens is 1. The van der Waals surface area contributed by atoms with Crippen molar-refractivity contribution in [2.75, 3.05) is 0 Å². The summed E-state index contributed by atoms with van der Waals surface area (Å²) in [6, 6.07) is 14.8. The van der Waals surface area contributed by atoms with Crippen LogP contribution in [0.3, 0.4) is 0 Å². The quantitative estimate of drug-likeness (QED) is 0.533. The summed E-state index contributed by atoms with van der Waals surface area (Å²) in [5, 5.41) is 10.8. The second kappa shape index (κ2) is 7.40. The molecule has 0 unspecified atom stereocenters. The Bertz CT molecular complexity index is 1030. The smallest absolute Gasteiger partial charge is 0.263 e. The van der Waals surface area contributed by atoms with Crippen LogP contribution in [0.1, 0.15) is 35.3 Å². The van der Waals surface area contributed by atoms with E-state index < -0.39 is 11.3 Å². The van der Waals surface area contributed by atoms with E-state index in [0.29, 0.717) is 16.8 Å². The number of carbonyl (C=O) groups is 1. The van der Waals surface area contributed by atoms with Crippen molar-refractivity contribution in [3.63, 3.8) is 0 Å². The lowest BCUT2D eigenvalue weighted by Crippen LogP contribution is -2.16. The number of ketones is 1. The normalized spacial score (nSPS) is 11.5. The van der Waals surface area contributed by atoms with Crippen LogP contribution >= 0.6 is 0 Å². The molecular formula is C22H21NO3. The first-order valence-corrected chi connectivity index (χ1v) is 8.61. The molecule has 132 valence electrons. The number of allylic oxidation sites excluding steroid dienone is 1. The highest BCUT2D eigenvalue weighted by molar-refractivity contribution is 6.11. The van der Waals surface area contributed by atoms with Gasteiger partial charge in [-0.15, -0.1) is 0 Å². The Hall–Kier alpha value is -3.14. The van der Waals surface area contributed by atoms with Crippen LogP contribution in [0.15, 0.2) is 59.4 Å². The van der Waals surface area contributed by atoms with Crippen molar-refractivity contribution < 1.29 is 9.90 Å². The molecule has 1 heterocycles. The number of carbonyl (C=O) groups excluding carboxylic acids is 1. The molecule has 0 radical (unpaired) electrons. The molecule has 0 saturated carbocycles. The summed E-state index contributed by atoms with van der Waals surface area (Å²) in [6.07, 6.45) is 3.97. The van der Waals surface area contributed by atoms with Crippen molar-refractivity contribution >= 4 is 22.8 Å². The number of fused-ring (bicyclic) bond motifs is 1. The number of nitrogens with one attached hydrogen (secondary N) is 1. The van der Waals surface area contributed by atoms with E-state index in [1.165, 1.54) is 11.6 Å². The Morgan fingerprint density at radius 1 is 1.12 bits per heavy atom. The van der Waals surface area contributed by atoms with Gasteiger partial charge in [-0.1, -0.05) is 56.3 Å². The van der Waals surface area contributed by atoms with Crippen LogP contribution in [0.5, 0.6) is 5.75 Å². The molecule has 0 fully saturated rings. The maximum absolute atomic E-state index is 12.4. The fraction of sp³-hybridized carbons (Fsp3) is 0.182. The van der Waals surface area contributed by atoms with E-state index in [0.717, 1.165) is 12.0 Å². The Labute approximate surface area is 151 Å². The minimum absolute atomic E-state index is 0.239. The molecule has 2 N–H and O–H groups in total. The number of para-hydroxylation sites is 1. The molecule has 3 rings (SSSR count). The molecule has 0 atom stereocenters.